The van der Waals surface area contributed by atoms with Crippen molar-refractivity contribution in [3.8, 4) is 61.3 Å². The first-order valence-corrected chi connectivity index (χ1v) is 20.5. The minimum atomic E-state index is -0.0866. The fraction of sp³-hybridized carbons (Fsp3) is 0.0526. The lowest BCUT2D eigenvalue weighted by molar-refractivity contribution is 0.647. The molecule has 11 aromatic rings. The lowest BCUT2D eigenvalue weighted by Gasteiger charge is -2.21. The zero-order valence-electron chi connectivity index (χ0n) is 32.9. The molecule has 0 saturated carbocycles. The molecule has 0 fully saturated rings. The van der Waals surface area contributed by atoms with E-state index < -0.39 is 0 Å². The number of fused-ring (bicyclic) bond motifs is 9. The predicted octanol–water partition coefficient (Wildman–Crippen LogP) is 15.7. The molecule has 2 heterocycles. The molecule has 0 N–H and O–H groups in total. The van der Waals surface area contributed by atoms with Crippen molar-refractivity contribution in [1.29, 1.82) is 0 Å². The minimum Gasteiger partial charge on any atom is -0.456 e. The molecule has 2 nitrogen and oxygen atoms in total. The molecule has 0 bridgehead atoms. The van der Waals surface area contributed by atoms with E-state index in [1.807, 2.05) is 0 Å². The van der Waals surface area contributed by atoms with Crippen molar-refractivity contribution in [2.45, 2.75) is 19.3 Å². The van der Waals surface area contributed by atoms with Gasteiger partial charge < -0.3 is 8.98 Å². The predicted molar refractivity (Wildman–Crippen MR) is 247 cm³/mol. The van der Waals surface area contributed by atoms with Gasteiger partial charge >= 0.3 is 0 Å². The van der Waals surface area contributed by atoms with E-state index in [4.69, 9.17) is 4.42 Å². The Morgan fingerprint density at radius 1 is 0.339 bits per heavy atom. The Morgan fingerprint density at radius 3 is 1.46 bits per heavy atom. The summed E-state index contributed by atoms with van der Waals surface area (Å²) in [4.78, 5) is 0. The highest BCUT2D eigenvalue weighted by Crippen LogP contribution is 2.51. The minimum absolute atomic E-state index is 0.0866. The van der Waals surface area contributed by atoms with E-state index in [2.05, 4.69) is 219 Å². The zero-order valence-corrected chi connectivity index (χ0v) is 32.9. The molecule has 278 valence electrons. The Kier molecular flexibility index (Phi) is 7.31. The Hall–Kier alpha value is -7.42. The molecule has 2 aromatic heterocycles. The Labute approximate surface area is 343 Å². The molecule has 1 aliphatic rings. The number of hydrogen-bond donors (Lipinski definition) is 0. The normalized spacial score (nSPS) is 13.1. The second-order valence-corrected chi connectivity index (χ2v) is 16.5. The fourth-order valence-electron chi connectivity index (χ4n) is 9.78. The average molecular weight is 754 g/mol. The maximum absolute atomic E-state index is 6.62. The van der Waals surface area contributed by atoms with Crippen LogP contribution in [0, 0.1) is 0 Å². The summed E-state index contributed by atoms with van der Waals surface area (Å²) in [5, 5.41) is 4.71. The first kappa shape index (κ1) is 33.7. The number of nitrogens with zero attached hydrogens (tertiary/aromatic N) is 1. The van der Waals surface area contributed by atoms with E-state index in [1.54, 1.807) is 0 Å². The molecular weight excluding hydrogens is 715 g/mol. The van der Waals surface area contributed by atoms with Gasteiger partial charge in [0, 0.05) is 32.6 Å². The molecule has 9 aromatic carbocycles. The van der Waals surface area contributed by atoms with Crippen LogP contribution in [-0.4, -0.2) is 4.57 Å². The Bertz CT molecular complexity index is 3380. The van der Waals surface area contributed by atoms with Gasteiger partial charge in [-0.1, -0.05) is 141 Å². The van der Waals surface area contributed by atoms with Crippen LogP contribution in [0.25, 0.3) is 105 Å². The van der Waals surface area contributed by atoms with Gasteiger partial charge in [0.1, 0.15) is 11.2 Å². The van der Waals surface area contributed by atoms with Crippen molar-refractivity contribution >= 4 is 43.7 Å². The molecule has 0 aliphatic heterocycles. The van der Waals surface area contributed by atoms with Crippen LogP contribution in [0.4, 0.5) is 0 Å². The van der Waals surface area contributed by atoms with E-state index in [0.29, 0.717) is 0 Å². The highest BCUT2D eigenvalue weighted by atomic mass is 16.3. The van der Waals surface area contributed by atoms with Gasteiger partial charge in [-0.15, -0.1) is 0 Å². The average Bonchev–Trinajstić information content (AvgIpc) is 3.90. The van der Waals surface area contributed by atoms with Crippen LogP contribution in [-0.2, 0) is 5.41 Å². The second kappa shape index (κ2) is 12.8. The van der Waals surface area contributed by atoms with Crippen molar-refractivity contribution in [2.75, 3.05) is 0 Å². The van der Waals surface area contributed by atoms with Gasteiger partial charge in [-0.05, 0) is 140 Å². The first-order valence-electron chi connectivity index (χ1n) is 20.5. The summed E-state index contributed by atoms with van der Waals surface area (Å²) < 4.78 is 9.05. The summed E-state index contributed by atoms with van der Waals surface area (Å²) in [6.45, 7) is 4.65. The largest absolute Gasteiger partial charge is 0.456 e. The van der Waals surface area contributed by atoms with E-state index >= 15 is 0 Å². The van der Waals surface area contributed by atoms with E-state index in [-0.39, 0.29) is 5.41 Å². The van der Waals surface area contributed by atoms with Crippen molar-refractivity contribution < 1.29 is 4.42 Å². The maximum Gasteiger partial charge on any atom is 0.135 e. The van der Waals surface area contributed by atoms with Gasteiger partial charge in [-0.3, -0.25) is 0 Å². The molecule has 2 heteroatoms. The van der Waals surface area contributed by atoms with Crippen LogP contribution >= 0.6 is 0 Å². The highest BCUT2D eigenvalue weighted by Gasteiger charge is 2.36. The zero-order chi connectivity index (χ0) is 39.2. The van der Waals surface area contributed by atoms with Gasteiger partial charge in [-0.25, -0.2) is 0 Å². The quantitative estimate of drug-likeness (QED) is 0.171. The molecule has 59 heavy (non-hydrogen) atoms. The SMILES string of the molecule is CC1(C)c2ccccc2-c2cc3c(cc21)oc1ccc(-n2c4ccc(-c5ccccc5)cc4c4cc(-c5cc(-c6ccccc6)cc(-c6ccccc6)c5)ccc42)cc13. The van der Waals surface area contributed by atoms with Gasteiger partial charge in [0.15, 0.2) is 0 Å². The first-order chi connectivity index (χ1) is 29.0. The van der Waals surface area contributed by atoms with E-state index in [0.717, 1.165) is 27.6 Å². The summed E-state index contributed by atoms with van der Waals surface area (Å²) >= 11 is 0. The van der Waals surface area contributed by atoms with Crippen molar-refractivity contribution in [1.82, 2.24) is 4.57 Å². The van der Waals surface area contributed by atoms with Crippen LogP contribution in [0.1, 0.15) is 25.0 Å². The Balaban J connectivity index is 1.07. The van der Waals surface area contributed by atoms with Gasteiger partial charge in [0.2, 0.25) is 0 Å². The number of furan rings is 1. The molecule has 0 amide bonds. The maximum atomic E-state index is 6.62. The molecule has 0 spiro atoms. The number of benzene rings is 9. The third kappa shape index (κ3) is 5.26. The van der Waals surface area contributed by atoms with E-state index in [1.165, 1.54) is 88.6 Å². The summed E-state index contributed by atoms with van der Waals surface area (Å²) in [7, 11) is 0. The monoisotopic (exact) mass is 753 g/mol. The lowest BCUT2D eigenvalue weighted by atomic mass is 9.82. The van der Waals surface area contributed by atoms with E-state index in [9.17, 15) is 0 Å². The summed E-state index contributed by atoms with van der Waals surface area (Å²) in [6, 6.07) is 73.2. The van der Waals surface area contributed by atoms with Gasteiger partial charge in [0.05, 0.1) is 11.0 Å². The third-order valence-corrected chi connectivity index (χ3v) is 12.8. The lowest BCUT2D eigenvalue weighted by Crippen LogP contribution is -2.14. The summed E-state index contributed by atoms with van der Waals surface area (Å²) in [5.74, 6) is 0. The fourth-order valence-corrected chi connectivity index (χ4v) is 9.78. The topological polar surface area (TPSA) is 18.1 Å². The van der Waals surface area contributed by atoms with Crippen LogP contribution < -0.4 is 0 Å². The van der Waals surface area contributed by atoms with Crippen LogP contribution in [0.5, 0.6) is 0 Å². The van der Waals surface area contributed by atoms with Crippen molar-refractivity contribution in [2.24, 2.45) is 0 Å². The van der Waals surface area contributed by atoms with Crippen LogP contribution in [0.3, 0.4) is 0 Å². The standard InChI is InChI=1S/C57H39NO/c1-57(2)51-21-13-12-20-45(51)46-34-50-49-33-44(24-27-55(49)59-56(50)35-52(46)57)58-53-25-22-39(36-14-6-3-7-15-36)31-47(53)48-32-40(23-26-54(48)58)43-29-41(37-16-8-4-9-17-37)28-42(30-43)38-18-10-5-11-19-38/h3-35H,1-2H3. The molecule has 0 atom stereocenters. The highest BCUT2D eigenvalue weighted by molar-refractivity contribution is 6.13. The molecular formula is C57H39NO. The second-order valence-electron chi connectivity index (χ2n) is 16.5. The molecule has 0 unspecified atom stereocenters. The Morgan fingerprint density at radius 2 is 0.847 bits per heavy atom. The van der Waals surface area contributed by atoms with Gasteiger partial charge in [0.25, 0.3) is 0 Å². The third-order valence-electron chi connectivity index (χ3n) is 12.8. The number of rotatable bonds is 5. The van der Waals surface area contributed by atoms with Crippen LogP contribution in [0.2, 0.25) is 0 Å². The molecule has 0 saturated heterocycles. The number of hydrogen-bond acceptors (Lipinski definition) is 1. The summed E-state index contributed by atoms with van der Waals surface area (Å²) in [6.07, 6.45) is 0. The van der Waals surface area contributed by atoms with Crippen molar-refractivity contribution in [3.63, 3.8) is 0 Å². The number of aromatic nitrogens is 1. The molecule has 12 rings (SSSR count). The van der Waals surface area contributed by atoms with Gasteiger partial charge in [-0.2, -0.15) is 0 Å². The molecule has 0 radical (unpaired) electrons. The molecule has 1 aliphatic carbocycles. The van der Waals surface area contributed by atoms with Crippen molar-refractivity contribution in [3.05, 3.63) is 211 Å². The van der Waals surface area contributed by atoms with Crippen LogP contribution in [0.15, 0.2) is 205 Å². The smallest absolute Gasteiger partial charge is 0.135 e. The summed E-state index contributed by atoms with van der Waals surface area (Å²) in [5.41, 5.74) is 20.1.